The van der Waals surface area contributed by atoms with Crippen LogP contribution in [0.2, 0.25) is 10.0 Å². The molecule has 1 unspecified atom stereocenters. The summed E-state index contributed by atoms with van der Waals surface area (Å²) in [6.45, 7) is 8.66. The summed E-state index contributed by atoms with van der Waals surface area (Å²) in [5.74, 6) is -0.158. The second-order valence-corrected chi connectivity index (χ2v) is 11.2. The molecule has 1 saturated carbocycles. The third kappa shape index (κ3) is 7.23. The van der Waals surface area contributed by atoms with Crippen molar-refractivity contribution in [1.82, 2.24) is 10.2 Å². The molecule has 34 heavy (non-hydrogen) atoms. The topological polar surface area (TPSA) is 49.4 Å². The van der Waals surface area contributed by atoms with Gasteiger partial charge in [-0.1, -0.05) is 87.1 Å². The Balaban J connectivity index is 1.72. The zero-order valence-electron chi connectivity index (χ0n) is 20.7. The van der Waals surface area contributed by atoms with Crippen molar-refractivity contribution < 1.29 is 9.59 Å². The molecule has 0 heterocycles. The number of amides is 2. The van der Waals surface area contributed by atoms with Crippen LogP contribution in [0.4, 0.5) is 0 Å². The summed E-state index contributed by atoms with van der Waals surface area (Å²) in [5, 5.41) is 4.04. The van der Waals surface area contributed by atoms with Gasteiger partial charge in [0.2, 0.25) is 11.8 Å². The normalized spacial score (nSPS) is 15.2. The average molecular weight is 504 g/mol. The van der Waals surface area contributed by atoms with Crippen molar-refractivity contribution in [3.63, 3.8) is 0 Å². The van der Waals surface area contributed by atoms with E-state index in [9.17, 15) is 9.59 Å². The second kappa shape index (κ2) is 11.6. The van der Waals surface area contributed by atoms with Crippen LogP contribution in [0.3, 0.4) is 0 Å². The first-order valence-electron chi connectivity index (χ1n) is 12.2. The molecule has 6 heteroatoms. The van der Waals surface area contributed by atoms with Gasteiger partial charge in [0.1, 0.15) is 6.04 Å². The van der Waals surface area contributed by atoms with Crippen LogP contribution in [0.15, 0.2) is 42.5 Å². The summed E-state index contributed by atoms with van der Waals surface area (Å²) in [5.41, 5.74) is 3.31. The van der Waals surface area contributed by atoms with E-state index in [0.717, 1.165) is 36.8 Å². The second-order valence-electron chi connectivity index (χ2n) is 10.4. The van der Waals surface area contributed by atoms with E-state index in [1.165, 1.54) is 5.56 Å². The van der Waals surface area contributed by atoms with E-state index in [1.54, 1.807) is 24.0 Å². The van der Waals surface area contributed by atoms with E-state index >= 15 is 0 Å². The van der Waals surface area contributed by atoms with Gasteiger partial charge in [-0.25, -0.2) is 0 Å². The predicted octanol–water partition coefficient (Wildman–Crippen LogP) is 6.70. The summed E-state index contributed by atoms with van der Waals surface area (Å²) in [6.07, 6.45) is 5.24. The van der Waals surface area contributed by atoms with Crippen molar-refractivity contribution >= 4 is 35.0 Å². The van der Waals surface area contributed by atoms with E-state index in [0.29, 0.717) is 29.4 Å². The van der Waals surface area contributed by atoms with E-state index < -0.39 is 6.04 Å². The molecule has 0 radical (unpaired) electrons. The monoisotopic (exact) mass is 502 g/mol. The van der Waals surface area contributed by atoms with Crippen molar-refractivity contribution in [3.8, 4) is 0 Å². The van der Waals surface area contributed by atoms with Gasteiger partial charge in [-0.05, 0) is 60.4 Å². The molecule has 0 aliphatic heterocycles. The van der Waals surface area contributed by atoms with Gasteiger partial charge in [-0.2, -0.15) is 0 Å². The van der Waals surface area contributed by atoms with E-state index in [2.05, 4.69) is 50.4 Å². The van der Waals surface area contributed by atoms with Crippen molar-refractivity contribution in [3.05, 3.63) is 69.2 Å². The molecule has 2 aromatic carbocycles. The molecule has 1 fully saturated rings. The summed E-state index contributed by atoms with van der Waals surface area (Å²) >= 11 is 12.3. The highest BCUT2D eigenvalue weighted by Gasteiger charge is 2.28. The Morgan fingerprint density at radius 2 is 1.62 bits per heavy atom. The Hall–Kier alpha value is -2.04. The van der Waals surface area contributed by atoms with Gasteiger partial charge < -0.3 is 10.2 Å². The van der Waals surface area contributed by atoms with Crippen LogP contribution in [0, 0.1) is 0 Å². The standard InChI is InChI=1S/C28H36Cl2N2O2/c1-19(27(34)31-23-7-5-6-8-23)32(18-21-11-15-24(29)25(30)17-21)26(33)16-12-20-9-13-22(14-10-20)28(2,3)4/h9-11,13-15,17,19,23H,5-8,12,16,18H2,1-4H3,(H,31,34). The Morgan fingerprint density at radius 1 is 1.00 bits per heavy atom. The van der Waals surface area contributed by atoms with Gasteiger partial charge in [-0.15, -0.1) is 0 Å². The lowest BCUT2D eigenvalue weighted by Crippen LogP contribution is -2.49. The number of carbonyl (C=O) groups is 2. The summed E-state index contributed by atoms with van der Waals surface area (Å²) in [4.78, 5) is 28.0. The molecule has 2 amide bonds. The molecule has 0 spiro atoms. The molecule has 3 rings (SSSR count). The molecule has 0 bridgehead atoms. The summed E-state index contributed by atoms with van der Waals surface area (Å²) in [7, 11) is 0. The lowest BCUT2D eigenvalue weighted by atomic mass is 9.86. The first kappa shape index (κ1) is 26.6. The number of nitrogens with zero attached hydrogens (tertiary/aromatic N) is 1. The minimum atomic E-state index is -0.578. The van der Waals surface area contributed by atoms with Crippen molar-refractivity contribution in [2.75, 3.05) is 0 Å². The van der Waals surface area contributed by atoms with Crippen LogP contribution in [-0.2, 0) is 28.0 Å². The number of rotatable bonds is 8. The van der Waals surface area contributed by atoms with Gasteiger partial charge in [0.25, 0.3) is 0 Å². The SMILES string of the molecule is CC(C(=O)NC1CCCC1)N(Cc1ccc(Cl)c(Cl)c1)C(=O)CCc1ccc(C(C)(C)C)cc1. The van der Waals surface area contributed by atoms with Crippen LogP contribution < -0.4 is 5.32 Å². The Kier molecular flexibility index (Phi) is 9.06. The first-order chi connectivity index (χ1) is 16.0. The fourth-order valence-corrected chi connectivity index (χ4v) is 4.70. The van der Waals surface area contributed by atoms with Gasteiger partial charge in [0, 0.05) is 19.0 Å². The zero-order chi connectivity index (χ0) is 24.9. The smallest absolute Gasteiger partial charge is 0.242 e. The van der Waals surface area contributed by atoms with Crippen LogP contribution in [0.5, 0.6) is 0 Å². The van der Waals surface area contributed by atoms with Crippen LogP contribution in [0.25, 0.3) is 0 Å². The summed E-state index contributed by atoms with van der Waals surface area (Å²) < 4.78 is 0. The minimum Gasteiger partial charge on any atom is -0.352 e. The number of nitrogens with one attached hydrogen (secondary N) is 1. The number of carbonyl (C=O) groups excluding carboxylic acids is 2. The van der Waals surface area contributed by atoms with E-state index in [4.69, 9.17) is 23.2 Å². The third-order valence-corrected chi connectivity index (χ3v) is 7.39. The third-order valence-electron chi connectivity index (χ3n) is 6.65. The molecule has 1 N–H and O–H groups in total. The van der Waals surface area contributed by atoms with Crippen LogP contribution in [-0.4, -0.2) is 28.8 Å². The minimum absolute atomic E-state index is 0.0555. The molecular weight excluding hydrogens is 467 g/mol. The van der Waals surface area contributed by atoms with Crippen molar-refractivity contribution in [1.29, 1.82) is 0 Å². The Labute approximate surface area is 214 Å². The van der Waals surface area contributed by atoms with Crippen molar-refractivity contribution in [2.45, 2.75) is 90.3 Å². The van der Waals surface area contributed by atoms with Crippen molar-refractivity contribution in [2.24, 2.45) is 0 Å². The quantitative estimate of drug-likeness (QED) is 0.436. The zero-order valence-corrected chi connectivity index (χ0v) is 22.2. The highest BCUT2D eigenvalue weighted by atomic mass is 35.5. The molecule has 1 atom stereocenters. The number of hydrogen-bond donors (Lipinski definition) is 1. The molecular formula is C28H36Cl2N2O2. The lowest BCUT2D eigenvalue weighted by molar-refractivity contribution is -0.140. The van der Waals surface area contributed by atoms with Gasteiger partial charge in [0.15, 0.2) is 0 Å². The average Bonchev–Trinajstić information content (AvgIpc) is 3.30. The fraction of sp³-hybridized carbons (Fsp3) is 0.500. The molecule has 4 nitrogen and oxygen atoms in total. The molecule has 0 saturated heterocycles. The molecule has 2 aromatic rings. The fourth-order valence-electron chi connectivity index (χ4n) is 4.38. The number of aryl methyl sites for hydroxylation is 1. The van der Waals surface area contributed by atoms with Gasteiger partial charge in [-0.3, -0.25) is 9.59 Å². The summed E-state index contributed by atoms with van der Waals surface area (Å²) in [6, 6.07) is 13.4. The maximum atomic E-state index is 13.4. The number of halogens is 2. The maximum Gasteiger partial charge on any atom is 0.242 e. The largest absolute Gasteiger partial charge is 0.352 e. The molecule has 184 valence electrons. The van der Waals surface area contributed by atoms with E-state index in [1.807, 2.05) is 6.07 Å². The molecule has 1 aliphatic carbocycles. The van der Waals surface area contributed by atoms with E-state index in [-0.39, 0.29) is 23.3 Å². The lowest BCUT2D eigenvalue weighted by Gasteiger charge is -2.30. The maximum absolute atomic E-state index is 13.4. The Morgan fingerprint density at radius 3 is 2.21 bits per heavy atom. The first-order valence-corrected chi connectivity index (χ1v) is 12.9. The van der Waals surface area contributed by atoms with Crippen LogP contribution >= 0.6 is 23.2 Å². The highest BCUT2D eigenvalue weighted by molar-refractivity contribution is 6.42. The molecule has 1 aliphatic rings. The number of hydrogen-bond acceptors (Lipinski definition) is 2. The van der Waals surface area contributed by atoms with Gasteiger partial charge in [0.05, 0.1) is 10.0 Å². The predicted molar refractivity (Wildman–Crippen MR) is 140 cm³/mol. The highest BCUT2D eigenvalue weighted by Crippen LogP contribution is 2.25. The van der Waals surface area contributed by atoms with Crippen LogP contribution in [0.1, 0.15) is 76.5 Å². The Bertz CT molecular complexity index is 992. The van der Waals surface area contributed by atoms with Gasteiger partial charge >= 0.3 is 0 Å². The number of benzene rings is 2. The molecule has 0 aromatic heterocycles.